The molecule has 0 atom stereocenters. The van der Waals surface area contributed by atoms with E-state index in [0.717, 1.165) is 12.8 Å². The summed E-state index contributed by atoms with van der Waals surface area (Å²) in [5.41, 5.74) is 1.26. The second-order valence-corrected chi connectivity index (χ2v) is 4.44. The number of urea groups is 1. The summed E-state index contributed by atoms with van der Waals surface area (Å²) in [6, 6.07) is 7.38. The lowest BCUT2D eigenvalue weighted by Gasteiger charge is -2.09. The van der Waals surface area contributed by atoms with Crippen LogP contribution >= 0.6 is 0 Å². The summed E-state index contributed by atoms with van der Waals surface area (Å²) in [6.45, 7) is 2.43. The van der Waals surface area contributed by atoms with Crippen LogP contribution in [0.1, 0.15) is 25.3 Å². The Bertz CT molecular complexity index is 445. The number of hydrogen-bond acceptors (Lipinski definition) is 4. The first-order chi connectivity index (χ1) is 10.2. The van der Waals surface area contributed by atoms with Crippen molar-refractivity contribution in [3.05, 3.63) is 29.8 Å². The molecule has 2 amide bonds. The van der Waals surface area contributed by atoms with Gasteiger partial charge < -0.3 is 20.1 Å². The van der Waals surface area contributed by atoms with Crippen LogP contribution in [0.5, 0.6) is 5.75 Å². The summed E-state index contributed by atoms with van der Waals surface area (Å²) < 4.78 is 9.86. The number of carbonyl (C=O) groups excluding carboxylic acids is 2. The largest absolute Gasteiger partial charge is 0.473 e. The Morgan fingerprint density at radius 1 is 1.14 bits per heavy atom. The average molecular weight is 294 g/mol. The van der Waals surface area contributed by atoms with E-state index in [1.807, 2.05) is 24.3 Å². The first-order valence-corrected chi connectivity index (χ1v) is 6.96. The van der Waals surface area contributed by atoms with Gasteiger partial charge in [0, 0.05) is 6.54 Å². The Balaban J connectivity index is 2.17. The van der Waals surface area contributed by atoms with E-state index < -0.39 is 0 Å². The van der Waals surface area contributed by atoms with Gasteiger partial charge >= 0.3 is 12.0 Å². The lowest BCUT2D eigenvalue weighted by Crippen LogP contribution is -2.38. The SMILES string of the molecule is CCCc1ccc(OCNC(=O)NCCC(=O)OC)cc1. The zero-order valence-corrected chi connectivity index (χ0v) is 12.5. The predicted molar refractivity (Wildman–Crippen MR) is 79.1 cm³/mol. The fourth-order valence-corrected chi connectivity index (χ4v) is 1.67. The summed E-state index contributed by atoms with van der Waals surface area (Å²) in [7, 11) is 1.31. The van der Waals surface area contributed by atoms with Crippen molar-refractivity contribution in [1.29, 1.82) is 0 Å². The second-order valence-electron chi connectivity index (χ2n) is 4.44. The van der Waals surface area contributed by atoms with Crippen LogP contribution in [0.2, 0.25) is 0 Å². The number of methoxy groups -OCH3 is 1. The van der Waals surface area contributed by atoms with Gasteiger partial charge in [-0.3, -0.25) is 4.79 Å². The third-order valence-electron chi connectivity index (χ3n) is 2.78. The molecule has 0 aromatic heterocycles. The van der Waals surface area contributed by atoms with Crippen molar-refractivity contribution in [3.8, 4) is 5.75 Å². The first kappa shape index (κ1) is 16.8. The van der Waals surface area contributed by atoms with Crippen LogP contribution in [0.25, 0.3) is 0 Å². The molecule has 6 nitrogen and oxygen atoms in total. The molecule has 0 radical (unpaired) electrons. The van der Waals surface area contributed by atoms with Crippen LogP contribution in [0, 0.1) is 0 Å². The molecule has 0 saturated heterocycles. The van der Waals surface area contributed by atoms with Crippen molar-refractivity contribution in [2.45, 2.75) is 26.2 Å². The van der Waals surface area contributed by atoms with Gasteiger partial charge in [0.1, 0.15) is 5.75 Å². The van der Waals surface area contributed by atoms with E-state index in [4.69, 9.17) is 4.74 Å². The lowest BCUT2D eigenvalue weighted by molar-refractivity contribution is -0.140. The molecule has 0 aliphatic heterocycles. The normalized spacial score (nSPS) is 9.81. The van der Waals surface area contributed by atoms with Gasteiger partial charge in [-0.15, -0.1) is 0 Å². The van der Waals surface area contributed by atoms with Crippen LogP contribution < -0.4 is 15.4 Å². The van der Waals surface area contributed by atoms with Gasteiger partial charge in [-0.2, -0.15) is 0 Å². The summed E-state index contributed by atoms with van der Waals surface area (Å²) in [6.07, 6.45) is 2.29. The summed E-state index contributed by atoms with van der Waals surface area (Å²) >= 11 is 0. The zero-order chi connectivity index (χ0) is 15.5. The van der Waals surface area contributed by atoms with E-state index in [0.29, 0.717) is 5.75 Å². The quantitative estimate of drug-likeness (QED) is 0.566. The third kappa shape index (κ3) is 7.20. The molecule has 0 spiro atoms. The molecule has 0 saturated carbocycles. The molecule has 0 aliphatic rings. The van der Waals surface area contributed by atoms with Crippen molar-refractivity contribution < 1.29 is 19.1 Å². The number of aryl methyl sites for hydroxylation is 1. The maximum absolute atomic E-state index is 11.4. The highest BCUT2D eigenvalue weighted by atomic mass is 16.5. The van der Waals surface area contributed by atoms with E-state index in [-0.39, 0.29) is 31.7 Å². The van der Waals surface area contributed by atoms with Gasteiger partial charge in [0.15, 0.2) is 6.73 Å². The summed E-state index contributed by atoms with van der Waals surface area (Å²) in [5, 5.41) is 5.07. The molecule has 1 rings (SSSR count). The molecule has 0 bridgehead atoms. The number of esters is 1. The standard InChI is InChI=1S/C15H22N2O4/c1-3-4-12-5-7-13(8-6-12)21-11-17-15(19)16-10-9-14(18)20-2/h5-8H,3-4,9-11H2,1-2H3,(H2,16,17,19). The number of ether oxygens (including phenoxy) is 2. The topological polar surface area (TPSA) is 76.7 Å². The number of hydrogen-bond donors (Lipinski definition) is 2. The van der Waals surface area contributed by atoms with Crippen LogP contribution in [0.15, 0.2) is 24.3 Å². The number of rotatable bonds is 8. The molecule has 0 fully saturated rings. The third-order valence-corrected chi connectivity index (χ3v) is 2.78. The maximum atomic E-state index is 11.4. The number of benzene rings is 1. The minimum absolute atomic E-state index is 0.0666. The van der Waals surface area contributed by atoms with Gasteiger partial charge in [-0.1, -0.05) is 25.5 Å². The van der Waals surface area contributed by atoms with Gasteiger partial charge in [0.2, 0.25) is 0 Å². The zero-order valence-electron chi connectivity index (χ0n) is 12.5. The molecule has 6 heteroatoms. The molecule has 21 heavy (non-hydrogen) atoms. The second kappa shape index (κ2) is 9.63. The fourth-order valence-electron chi connectivity index (χ4n) is 1.67. The Morgan fingerprint density at radius 3 is 2.48 bits per heavy atom. The van der Waals surface area contributed by atoms with Crippen LogP contribution in [-0.4, -0.2) is 32.4 Å². The average Bonchev–Trinajstić information content (AvgIpc) is 2.49. The van der Waals surface area contributed by atoms with Crippen molar-refractivity contribution >= 4 is 12.0 Å². The monoisotopic (exact) mass is 294 g/mol. The maximum Gasteiger partial charge on any atom is 0.317 e. The molecular weight excluding hydrogens is 272 g/mol. The molecule has 0 unspecified atom stereocenters. The Hall–Kier alpha value is -2.24. The smallest absolute Gasteiger partial charge is 0.317 e. The summed E-state index contributed by atoms with van der Waals surface area (Å²) in [4.78, 5) is 22.2. The first-order valence-electron chi connectivity index (χ1n) is 6.96. The molecule has 0 heterocycles. The van der Waals surface area contributed by atoms with Crippen LogP contribution in [0.3, 0.4) is 0 Å². The van der Waals surface area contributed by atoms with E-state index in [1.54, 1.807) is 0 Å². The minimum Gasteiger partial charge on any atom is -0.473 e. The van der Waals surface area contributed by atoms with Crippen molar-refractivity contribution in [2.24, 2.45) is 0 Å². The molecule has 2 N–H and O–H groups in total. The van der Waals surface area contributed by atoms with Crippen molar-refractivity contribution in [2.75, 3.05) is 20.4 Å². The minimum atomic E-state index is -0.387. The highest BCUT2D eigenvalue weighted by Crippen LogP contribution is 2.12. The number of nitrogens with one attached hydrogen (secondary N) is 2. The van der Waals surface area contributed by atoms with Gasteiger partial charge in [-0.05, 0) is 24.1 Å². The number of amides is 2. The van der Waals surface area contributed by atoms with Crippen molar-refractivity contribution in [3.63, 3.8) is 0 Å². The molecule has 0 aliphatic carbocycles. The number of carbonyl (C=O) groups is 2. The van der Waals surface area contributed by atoms with Gasteiger partial charge in [0.25, 0.3) is 0 Å². The van der Waals surface area contributed by atoms with E-state index in [2.05, 4.69) is 22.3 Å². The van der Waals surface area contributed by atoms with Gasteiger partial charge in [0.05, 0.1) is 13.5 Å². The van der Waals surface area contributed by atoms with E-state index >= 15 is 0 Å². The highest BCUT2D eigenvalue weighted by molar-refractivity contribution is 5.75. The Morgan fingerprint density at radius 2 is 1.86 bits per heavy atom. The Labute approximate surface area is 124 Å². The van der Waals surface area contributed by atoms with Crippen molar-refractivity contribution in [1.82, 2.24) is 10.6 Å². The van der Waals surface area contributed by atoms with E-state index in [9.17, 15) is 9.59 Å². The highest BCUT2D eigenvalue weighted by Gasteiger charge is 2.03. The molecule has 1 aromatic rings. The fraction of sp³-hybridized carbons (Fsp3) is 0.467. The molecule has 1 aromatic carbocycles. The van der Waals surface area contributed by atoms with Crippen LogP contribution in [-0.2, 0) is 16.0 Å². The lowest BCUT2D eigenvalue weighted by atomic mass is 10.1. The summed E-state index contributed by atoms with van der Waals surface area (Å²) in [5.74, 6) is 0.337. The van der Waals surface area contributed by atoms with Gasteiger partial charge in [-0.25, -0.2) is 4.79 Å². The molecular formula is C15H22N2O4. The van der Waals surface area contributed by atoms with Crippen LogP contribution in [0.4, 0.5) is 4.79 Å². The Kier molecular flexibility index (Phi) is 7.71. The molecule has 116 valence electrons. The predicted octanol–water partition coefficient (Wildman–Crippen LogP) is 1.84. The van der Waals surface area contributed by atoms with E-state index in [1.165, 1.54) is 12.7 Å².